The zero-order valence-corrected chi connectivity index (χ0v) is 16.4. The van der Waals surface area contributed by atoms with E-state index < -0.39 is 0 Å². The van der Waals surface area contributed by atoms with E-state index in [4.69, 9.17) is 0 Å². The maximum atomic E-state index is 13.2. The number of rotatable bonds is 6. The summed E-state index contributed by atoms with van der Waals surface area (Å²) in [5.41, 5.74) is 1.73. The van der Waals surface area contributed by atoms with Crippen molar-refractivity contribution in [2.45, 2.75) is 49.8 Å². The molecule has 146 valence electrons. The fourth-order valence-electron chi connectivity index (χ4n) is 3.73. The van der Waals surface area contributed by atoms with Crippen LogP contribution >= 0.6 is 11.8 Å². The Morgan fingerprint density at radius 1 is 1.11 bits per heavy atom. The third-order valence-corrected chi connectivity index (χ3v) is 6.14. The van der Waals surface area contributed by atoms with Crippen LogP contribution in [0, 0.1) is 5.82 Å². The minimum absolute atomic E-state index is 0.0916. The van der Waals surface area contributed by atoms with Crippen LogP contribution in [0.1, 0.15) is 37.7 Å². The van der Waals surface area contributed by atoms with Crippen molar-refractivity contribution in [2.24, 2.45) is 0 Å². The van der Waals surface area contributed by atoms with Gasteiger partial charge in [-0.2, -0.15) is 0 Å². The molecule has 1 aromatic carbocycles. The highest BCUT2D eigenvalue weighted by atomic mass is 32.2. The molecule has 0 spiro atoms. The number of fused-ring (bicyclic) bond motifs is 1. The van der Waals surface area contributed by atoms with Gasteiger partial charge in [-0.05, 0) is 42.7 Å². The molecule has 5 nitrogen and oxygen atoms in total. The fraction of sp³-hybridized carbons (Fsp3) is 0.381. The number of amides is 1. The van der Waals surface area contributed by atoms with Crippen molar-refractivity contribution >= 4 is 23.3 Å². The molecule has 0 saturated heterocycles. The Morgan fingerprint density at radius 3 is 2.68 bits per heavy atom. The molecule has 1 fully saturated rings. The van der Waals surface area contributed by atoms with Crippen LogP contribution in [0.4, 0.5) is 4.39 Å². The summed E-state index contributed by atoms with van der Waals surface area (Å²) in [6.07, 6.45) is 7.51. The van der Waals surface area contributed by atoms with Gasteiger partial charge in [0.2, 0.25) is 5.91 Å². The Labute approximate surface area is 168 Å². The number of thioether (sulfide) groups is 1. The van der Waals surface area contributed by atoms with E-state index in [9.17, 15) is 9.18 Å². The van der Waals surface area contributed by atoms with Crippen LogP contribution in [0.5, 0.6) is 0 Å². The molecule has 0 radical (unpaired) electrons. The Morgan fingerprint density at radius 2 is 1.89 bits per heavy atom. The van der Waals surface area contributed by atoms with Crippen LogP contribution in [0.15, 0.2) is 53.8 Å². The van der Waals surface area contributed by atoms with Gasteiger partial charge in [-0.1, -0.05) is 49.2 Å². The SMILES string of the molecule is O=C(CSc1nnc2ccccn12)N(Cc1ccc(F)cc1)C1CCCCC1. The summed E-state index contributed by atoms with van der Waals surface area (Å²) in [7, 11) is 0. The van der Waals surface area contributed by atoms with Gasteiger partial charge in [-0.15, -0.1) is 10.2 Å². The Kier molecular flexibility index (Phi) is 5.90. The predicted molar refractivity (Wildman–Crippen MR) is 108 cm³/mol. The minimum Gasteiger partial charge on any atom is -0.335 e. The molecule has 1 aliphatic carbocycles. The first-order valence-electron chi connectivity index (χ1n) is 9.67. The highest BCUT2D eigenvalue weighted by Gasteiger charge is 2.26. The summed E-state index contributed by atoms with van der Waals surface area (Å²) in [6.45, 7) is 0.519. The molecule has 1 saturated carbocycles. The number of hydrogen-bond acceptors (Lipinski definition) is 4. The Hall–Kier alpha value is -2.41. The van der Waals surface area contributed by atoms with E-state index in [2.05, 4.69) is 10.2 Å². The third-order valence-electron chi connectivity index (χ3n) is 5.21. The van der Waals surface area contributed by atoms with E-state index in [1.165, 1.54) is 30.3 Å². The molecule has 28 heavy (non-hydrogen) atoms. The summed E-state index contributed by atoms with van der Waals surface area (Å²) >= 11 is 1.41. The highest BCUT2D eigenvalue weighted by Crippen LogP contribution is 2.26. The predicted octanol–water partition coefficient (Wildman–Crippen LogP) is 4.32. The van der Waals surface area contributed by atoms with E-state index in [0.29, 0.717) is 17.5 Å². The van der Waals surface area contributed by atoms with E-state index in [1.54, 1.807) is 12.1 Å². The van der Waals surface area contributed by atoms with Gasteiger partial charge in [-0.25, -0.2) is 4.39 Å². The summed E-state index contributed by atoms with van der Waals surface area (Å²) in [6, 6.07) is 12.4. The summed E-state index contributed by atoms with van der Waals surface area (Å²) < 4.78 is 15.1. The molecule has 7 heteroatoms. The normalized spacial score (nSPS) is 15.0. The van der Waals surface area contributed by atoms with Gasteiger partial charge in [-0.3, -0.25) is 9.20 Å². The van der Waals surface area contributed by atoms with E-state index >= 15 is 0 Å². The fourth-order valence-corrected chi connectivity index (χ4v) is 4.54. The molecule has 0 bridgehead atoms. The Balaban J connectivity index is 1.48. The molecule has 3 aromatic rings. The van der Waals surface area contributed by atoms with Gasteiger partial charge in [0.25, 0.3) is 0 Å². The van der Waals surface area contributed by atoms with Crippen molar-refractivity contribution in [1.29, 1.82) is 0 Å². The first kappa shape index (κ1) is 18.9. The molecule has 0 N–H and O–H groups in total. The van der Waals surface area contributed by atoms with E-state index in [0.717, 1.165) is 36.9 Å². The van der Waals surface area contributed by atoms with Crippen molar-refractivity contribution in [2.75, 3.05) is 5.75 Å². The zero-order valence-electron chi connectivity index (χ0n) is 15.6. The quantitative estimate of drug-likeness (QED) is 0.580. The Bertz CT molecular complexity index is 937. The number of nitrogens with zero attached hydrogens (tertiary/aromatic N) is 4. The topological polar surface area (TPSA) is 50.5 Å². The maximum Gasteiger partial charge on any atom is 0.233 e. The molecule has 1 amide bonds. The number of carbonyl (C=O) groups excluding carboxylic acids is 1. The van der Waals surface area contributed by atoms with E-state index in [-0.39, 0.29) is 17.8 Å². The van der Waals surface area contributed by atoms with Crippen LogP contribution < -0.4 is 0 Å². The lowest BCUT2D eigenvalue weighted by Gasteiger charge is -2.34. The third kappa shape index (κ3) is 4.35. The first-order chi connectivity index (χ1) is 13.7. The van der Waals surface area contributed by atoms with Gasteiger partial charge in [0.1, 0.15) is 5.82 Å². The number of carbonyl (C=O) groups is 1. The molecular weight excluding hydrogens is 375 g/mol. The zero-order chi connectivity index (χ0) is 19.3. The minimum atomic E-state index is -0.256. The van der Waals surface area contributed by atoms with Crippen molar-refractivity contribution in [3.8, 4) is 0 Å². The molecule has 2 aromatic heterocycles. The number of aromatic nitrogens is 3. The molecule has 0 atom stereocenters. The van der Waals surface area contributed by atoms with Gasteiger partial charge in [0, 0.05) is 18.8 Å². The lowest BCUT2D eigenvalue weighted by molar-refractivity contribution is -0.132. The first-order valence-corrected chi connectivity index (χ1v) is 10.7. The van der Waals surface area contributed by atoms with E-state index in [1.807, 2.05) is 33.7 Å². The summed E-state index contributed by atoms with van der Waals surface area (Å²) in [5.74, 6) is 0.148. The molecule has 0 aliphatic heterocycles. The monoisotopic (exact) mass is 398 g/mol. The number of halogens is 1. The second-order valence-electron chi connectivity index (χ2n) is 7.14. The molecule has 0 unspecified atom stereocenters. The van der Waals surface area contributed by atoms with Crippen molar-refractivity contribution in [3.63, 3.8) is 0 Å². The van der Waals surface area contributed by atoms with Gasteiger partial charge >= 0.3 is 0 Å². The van der Waals surface area contributed by atoms with Gasteiger partial charge < -0.3 is 4.90 Å². The number of pyridine rings is 1. The van der Waals surface area contributed by atoms with Crippen LogP contribution in [0.3, 0.4) is 0 Å². The smallest absolute Gasteiger partial charge is 0.233 e. The lowest BCUT2D eigenvalue weighted by atomic mass is 9.94. The summed E-state index contributed by atoms with van der Waals surface area (Å²) in [4.78, 5) is 15.1. The molecule has 1 aliphatic rings. The second kappa shape index (κ2) is 8.73. The van der Waals surface area contributed by atoms with Crippen LogP contribution in [-0.4, -0.2) is 37.2 Å². The lowest BCUT2D eigenvalue weighted by Crippen LogP contribution is -2.42. The van der Waals surface area contributed by atoms with Gasteiger partial charge in [0.05, 0.1) is 5.75 Å². The average molecular weight is 399 g/mol. The molecular formula is C21H23FN4OS. The van der Waals surface area contributed by atoms with Crippen molar-refractivity contribution in [3.05, 3.63) is 60.0 Å². The summed E-state index contributed by atoms with van der Waals surface area (Å²) in [5, 5.41) is 9.05. The maximum absolute atomic E-state index is 13.2. The van der Waals surface area contributed by atoms with Crippen molar-refractivity contribution in [1.82, 2.24) is 19.5 Å². The highest BCUT2D eigenvalue weighted by molar-refractivity contribution is 7.99. The van der Waals surface area contributed by atoms with Crippen LogP contribution in [-0.2, 0) is 11.3 Å². The number of benzene rings is 1. The van der Waals surface area contributed by atoms with Crippen LogP contribution in [0.25, 0.3) is 5.65 Å². The van der Waals surface area contributed by atoms with Crippen LogP contribution in [0.2, 0.25) is 0 Å². The van der Waals surface area contributed by atoms with Gasteiger partial charge in [0.15, 0.2) is 10.8 Å². The standard InChI is InChI=1S/C21H23FN4OS/c22-17-11-9-16(10-12-17)14-26(18-6-2-1-3-7-18)20(27)15-28-21-24-23-19-8-4-5-13-25(19)21/h4-5,8-13,18H,1-3,6-7,14-15H2. The molecule has 2 heterocycles. The molecule has 4 rings (SSSR count). The average Bonchev–Trinajstić information content (AvgIpc) is 3.15. The van der Waals surface area contributed by atoms with Crippen molar-refractivity contribution < 1.29 is 9.18 Å². The second-order valence-corrected chi connectivity index (χ2v) is 8.08. The largest absolute Gasteiger partial charge is 0.335 e. The number of hydrogen-bond donors (Lipinski definition) is 0.